The van der Waals surface area contributed by atoms with Gasteiger partial charge in [0, 0.05) is 6.07 Å². The highest BCUT2D eigenvalue weighted by atomic mass is 19.2. The Hall–Kier alpha value is -1.19. The van der Waals surface area contributed by atoms with Crippen LogP contribution in [0.4, 0.5) is 13.2 Å². The van der Waals surface area contributed by atoms with Gasteiger partial charge in [0.25, 0.3) is 0 Å². The molecule has 0 fully saturated rings. The zero-order valence-electron chi connectivity index (χ0n) is 4.66. The lowest BCUT2D eigenvalue weighted by atomic mass is 10.3. The first-order valence-electron chi connectivity index (χ1n) is 2.37. The van der Waals surface area contributed by atoms with Crippen molar-refractivity contribution >= 4 is 0 Å². The molecule has 1 aromatic rings. The van der Waals surface area contributed by atoms with E-state index < -0.39 is 23.2 Å². The summed E-state index contributed by atoms with van der Waals surface area (Å²) in [6, 6.07) is 1.85. The SMILES string of the molecule is Oc1cc(F)[c]c(F)c1F. The van der Waals surface area contributed by atoms with E-state index in [9.17, 15) is 13.2 Å². The second-order valence-electron chi connectivity index (χ2n) is 1.63. The molecule has 1 radical (unpaired) electrons. The Kier molecular flexibility index (Phi) is 1.53. The van der Waals surface area contributed by atoms with Crippen LogP contribution in [0.15, 0.2) is 6.07 Å². The van der Waals surface area contributed by atoms with Gasteiger partial charge < -0.3 is 5.11 Å². The summed E-state index contributed by atoms with van der Waals surface area (Å²) >= 11 is 0. The van der Waals surface area contributed by atoms with Crippen molar-refractivity contribution in [3.8, 4) is 5.75 Å². The molecule has 0 saturated heterocycles. The highest BCUT2D eigenvalue weighted by Gasteiger charge is 2.09. The summed E-state index contributed by atoms with van der Waals surface area (Å²) in [7, 11) is 0. The van der Waals surface area contributed by atoms with Gasteiger partial charge in [-0.05, 0) is 0 Å². The molecule has 10 heavy (non-hydrogen) atoms. The number of aromatic hydroxyl groups is 1. The summed E-state index contributed by atoms with van der Waals surface area (Å²) in [4.78, 5) is 0. The van der Waals surface area contributed by atoms with Gasteiger partial charge in [0.1, 0.15) is 5.82 Å². The van der Waals surface area contributed by atoms with Crippen LogP contribution in [0.5, 0.6) is 5.75 Å². The van der Waals surface area contributed by atoms with Crippen molar-refractivity contribution in [1.82, 2.24) is 0 Å². The van der Waals surface area contributed by atoms with Gasteiger partial charge in [-0.15, -0.1) is 0 Å². The Morgan fingerprint density at radius 1 is 1.30 bits per heavy atom. The number of benzene rings is 1. The van der Waals surface area contributed by atoms with Gasteiger partial charge in [-0.3, -0.25) is 0 Å². The van der Waals surface area contributed by atoms with Gasteiger partial charge in [0.15, 0.2) is 11.6 Å². The summed E-state index contributed by atoms with van der Waals surface area (Å²) in [5.74, 6) is -5.18. The molecule has 0 aromatic heterocycles. The van der Waals surface area contributed by atoms with Crippen molar-refractivity contribution in [2.75, 3.05) is 0 Å². The topological polar surface area (TPSA) is 20.2 Å². The van der Waals surface area contributed by atoms with Crippen LogP contribution in [0.1, 0.15) is 0 Å². The Labute approximate surface area is 54.7 Å². The summed E-state index contributed by atoms with van der Waals surface area (Å²) in [5, 5.41) is 8.41. The fourth-order valence-corrected chi connectivity index (χ4v) is 0.492. The molecule has 0 unspecified atom stereocenters. The average molecular weight is 147 g/mol. The van der Waals surface area contributed by atoms with Crippen LogP contribution in [-0.4, -0.2) is 5.11 Å². The van der Waals surface area contributed by atoms with Crippen LogP contribution in [0.3, 0.4) is 0 Å². The molecule has 0 aliphatic carbocycles. The molecular weight excluding hydrogens is 145 g/mol. The maximum absolute atomic E-state index is 12.1. The molecule has 1 rings (SSSR count). The average Bonchev–Trinajstić information content (AvgIpc) is 1.82. The maximum atomic E-state index is 12.1. The van der Waals surface area contributed by atoms with Crippen molar-refractivity contribution in [2.45, 2.75) is 0 Å². The second kappa shape index (κ2) is 2.21. The summed E-state index contributed by atoms with van der Waals surface area (Å²) in [5.41, 5.74) is 0. The van der Waals surface area contributed by atoms with Crippen LogP contribution in [-0.2, 0) is 0 Å². The minimum atomic E-state index is -1.52. The van der Waals surface area contributed by atoms with Gasteiger partial charge in [-0.1, -0.05) is 0 Å². The summed E-state index contributed by atoms with van der Waals surface area (Å²) < 4.78 is 36.1. The minimum absolute atomic E-state index is 0.443. The van der Waals surface area contributed by atoms with Gasteiger partial charge in [0.2, 0.25) is 5.82 Å². The predicted molar refractivity (Wildman–Crippen MR) is 26.8 cm³/mol. The van der Waals surface area contributed by atoms with E-state index >= 15 is 0 Å². The first kappa shape index (κ1) is 6.92. The van der Waals surface area contributed by atoms with Crippen molar-refractivity contribution in [3.63, 3.8) is 0 Å². The summed E-state index contributed by atoms with van der Waals surface area (Å²) in [6.45, 7) is 0. The van der Waals surface area contributed by atoms with Crippen molar-refractivity contribution < 1.29 is 18.3 Å². The smallest absolute Gasteiger partial charge is 0.201 e. The van der Waals surface area contributed by atoms with Gasteiger partial charge in [-0.2, -0.15) is 4.39 Å². The van der Waals surface area contributed by atoms with Gasteiger partial charge in [0.05, 0.1) is 6.07 Å². The molecule has 0 bridgehead atoms. The quantitative estimate of drug-likeness (QED) is 0.552. The van der Waals surface area contributed by atoms with Gasteiger partial charge in [-0.25, -0.2) is 8.78 Å². The normalized spacial score (nSPS) is 9.90. The van der Waals surface area contributed by atoms with Gasteiger partial charge >= 0.3 is 0 Å². The first-order valence-corrected chi connectivity index (χ1v) is 2.37. The molecule has 0 saturated carbocycles. The molecule has 1 N–H and O–H groups in total. The largest absolute Gasteiger partial charge is 0.505 e. The van der Waals surface area contributed by atoms with E-state index in [2.05, 4.69) is 0 Å². The minimum Gasteiger partial charge on any atom is -0.505 e. The number of hydrogen-bond donors (Lipinski definition) is 1. The van der Waals surface area contributed by atoms with E-state index in [1.165, 1.54) is 6.07 Å². The lowest BCUT2D eigenvalue weighted by molar-refractivity contribution is 0.398. The van der Waals surface area contributed by atoms with Crippen LogP contribution in [0.2, 0.25) is 0 Å². The number of phenolic OH excluding ortho intramolecular Hbond substituents is 1. The molecule has 0 aliphatic heterocycles. The molecule has 4 heteroatoms. The van der Waals surface area contributed by atoms with Crippen LogP contribution in [0, 0.1) is 23.5 Å². The first-order chi connectivity index (χ1) is 4.61. The van der Waals surface area contributed by atoms with E-state index in [-0.39, 0.29) is 0 Å². The van der Waals surface area contributed by atoms with Crippen molar-refractivity contribution in [3.05, 3.63) is 29.6 Å². The second-order valence-corrected chi connectivity index (χ2v) is 1.63. The molecule has 1 nitrogen and oxygen atoms in total. The standard InChI is InChI=1S/C6H2F3O/c7-3-1-4(8)6(9)5(10)2-3/h2,10H. The van der Waals surface area contributed by atoms with Crippen molar-refractivity contribution in [1.29, 1.82) is 0 Å². The van der Waals surface area contributed by atoms with E-state index in [1.54, 1.807) is 0 Å². The Morgan fingerprint density at radius 3 is 2.40 bits per heavy atom. The fourth-order valence-electron chi connectivity index (χ4n) is 0.492. The van der Waals surface area contributed by atoms with Crippen LogP contribution in [0.25, 0.3) is 0 Å². The number of phenols is 1. The molecule has 0 atom stereocenters. The predicted octanol–water partition coefficient (Wildman–Crippen LogP) is 1.61. The molecule has 0 aliphatic rings. The monoisotopic (exact) mass is 147 g/mol. The molecule has 0 amide bonds. The number of halogens is 3. The van der Waals surface area contributed by atoms with E-state index in [1.807, 2.05) is 0 Å². The van der Waals surface area contributed by atoms with E-state index in [4.69, 9.17) is 5.11 Å². The summed E-state index contributed by atoms with van der Waals surface area (Å²) in [6.07, 6.45) is 0. The van der Waals surface area contributed by atoms with Crippen LogP contribution >= 0.6 is 0 Å². The lowest BCUT2D eigenvalue weighted by Gasteiger charge is -1.94. The third-order valence-electron chi connectivity index (χ3n) is 0.910. The maximum Gasteiger partial charge on any atom is 0.201 e. The molecule has 0 heterocycles. The number of hydrogen-bond acceptors (Lipinski definition) is 1. The zero-order chi connectivity index (χ0) is 7.72. The number of rotatable bonds is 0. The van der Waals surface area contributed by atoms with E-state index in [0.717, 1.165) is 0 Å². The molecule has 0 spiro atoms. The molecule has 1 aromatic carbocycles. The van der Waals surface area contributed by atoms with Crippen LogP contribution < -0.4 is 0 Å². The third-order valence-corrected chi connectivity index (χ3v) is 0.910. The van der Waals surface area contributed by atoms with E-state index in [0.29, 0.717) is 6.07 Å². The zero-order valence-corrected chi connectivity index (χ0v) is 4.66. The Bertz CT molecular complexity index is 236. The molecular formula is C6H2F3O. The Morgan fingerprint density at radius 2 is 1.90 bits per heavy atom. The highest BCUT2D eigenvalue weighted by molar-refractivity contribution is 5.23. The highest BCUT2D eigenvalue weighted by Crippen LogP contribution is 2.18. The van der Waals surface area contributed by atoms with Crippen molar-refractivity contribution in [2.24, 2.45) is 0 Å². The third kappa shape index (κ3) is 1.05. The fraction of sp³-hybridized carbons (Fsp3) is 0. The molecule has 53 valence electrons. The lowest BCUT2D eigenvalue weighted by Crippen LogP contribution is -1.86. The Balaban J connectivity index is 3.31.